The normalized spacial score (nSPS) is 10.4. The van der Waals surface area contributed by atoms with E-state index in [1.54, 1.807) is 11.0 Å². The second-order valence-corrected chi connectivity index (χ2v) is 4.05. The number of hydrogen-bond acceptors (Lipinski definition) is 3. The van der Waals surface area contributed by atoms with Crippen molar-refractivity contribution >= 4 is 17.3 Å². The number of rotatable bonds is 3. The minimum atomic E-state index is 0.652. The van der Waals surface area contributed by atoms with Crippen molar-refractivity contribution < 1.29 is 0 Å². The van der Waals surface area contributed by atoms with Crippen LogP contribution in [0, 0.1) is 6.92 Å². The Bertz CT molecular complexity index is 492. The Kier molecular flexibility index (Phi) is 3.10. The lowest BCUT2D eigenvalue weighted by Gasteiger charge is -2.09. The molecule has 0 aliphatic rings. The summed E-state index contributed by atoms with van der Waals surface area (Å²) in [4.78, 5) is 4.14. The van der Waals surface area contributed by atoms with Crippen LogP contribution in [0.4, 0.5) is 5.69 Å². The molecule has 0 saturated heterocycles. The monoisotopic (exact) mass is 236 g/mol. The molecule has 0 bridgehead atoms. The van der Waals surface area contributed by atoms with E-state index in [-0.39, 0.29) is 0 Å². The molecule has 1 aromatic carbocycles. The Morgan fingerprint density at radius 1 is 1.44 bits per heavy atom. The Morgan fingerprint density at radius 2 is 2.25 bits per heavy atom. The van der Waals surface area contributed by atoms with Gasteiger partial charge in [0.15, 0.2) is 0 Å². The van der Waals surface area contributed by atoms with E-state index in [9.17, 15) is 0 Å². The van der Waals surface area contributed by atoms with Crippen LogP contribution >= 0.6 is 11.6 Å². The van der Waals surface area contributed by atoms with Gasteiger partial charge in [-0.05, 0) is 30.7 Å². The minimum absolute atomic E-state index is 0.652. The second-order valence-electron chi connectivity index (χ2n) is 3.61. The van der Waals surface area contributed by atoms with Crippen LogP contribution in [0.2, 0.25) is 5.02 Å². The average Bonchev–Trinajstić information content (AvgIpc) is 2.63. The van der Waals surface area contributed by atoms with Crippen LogP contribution < -0.4 is 5.32 Å². The van der Waals surface area contributed by atoms with Gasteiger partial charge in [0, 0.05) is 17.8 Å². The third kappa shape index (κ3) is 2.33. The van der Waals surface area contributed by atoms with Crippen molar-refractivity contribution in [2.75, 3.05) is 5.32 Å². The smallest absolute Gasteiger partial charge is 0.145 e. The summed E-state index contributed by atoms with van der Waals surface area (Å²) in [5.41, 5.74) is 2.18. The molecule has 5 heteroatoms. The molecule has 0 aliphatic heterocycles. The highest BCUT2D eigenvalue weighted by Gasteiger charge is 2.02. The van der Waals surface area contributed by atoms with Gasteiger partial charge in [-0.2, -0.15) is 5.10 Å². The minimum Gasteiger partial charge on any atom is -0.378 e. The van der Waals surface area contributed by atoms with Crippen molar-refractivity contribution in [3.8, 4) is 0 Å². The van der Waals surface area contributed by atoms with Crippen LogP contribution in [0.15, 0.2) is 24.5 Å². The number of nitrogens with one attached hydrogen (secondary N) is 1. The lowest BCUT2D eigenvalue weighted by atomic mass is 10.2. The van der Waals surface area contributed by atoms with E-state index >= 15 is 0 Å². The molecule has 84 valence electrons. The van der Waals surface area contributed by atoms with Crippen molar-refractivity contribution in [2.24, 2.45) is 7.05 Å². The summed E-state index contributed by atoms with van der Waals surface area (Å²) in [6, 6.07) is 5.77. The van der Waals surface area contributed by atoms with Gasteiger partial charge in [0.2, 0.25) is 0 Å². The topological polar surface area (TPSA) is 42.7 Å². The number of aromatic nitrogens is 3. The fourth-order valence-electron chi connectivity index (χ4n) is 1.48. The maximum atomic E-state index is 5.89. The third-order valence-corrected chi connectivity index (χ3v) is 2.67. The van der Waals surface area contributed by atoms with Crippen molar-refractivity contribution in [2.45, 2.75) is 13.5 Å². The van der Waals surface area contributed by atoms with Gasteiger partial charge < -0.3 is 5.32 Å². The Morgan fingerprint density at radius 3 is 2.88 bits per heavy atom. The van der Waals surface area contributed by atoms with E-state index in [2.05, 4.69) is 15.4 Å². The number of hydrogen-bond donors (Lipinski definition) is 1. The van der Waals surface area contributed by atoms with Crippen molar-refractivity contribution in [3.05, 3.63) is 40.9 Å². The molecule has 1 N–H and O–H groups in total. The zero-order chi connectivity index (χ0) is 11.5. The molecule has 0 amide bonds. The number of anilines is 1. The molecule has 0 unspecified atom stereocenters. The molecular weight excluding hydrogens is 224 g/mol. The first-order valence-corrected chi connectivity index (χ1v) is 5.37. The van der Waals surface area contributed by atoms with Crippen LogP contribution in [-0.4, -0.2) is 14.8 Å². The quantitative estimate of drug-likeness (QED) is 0.890. The zero-order valence-electron chi connectivity index (χ0n) is 9.24. The lowest BCUT2D eigenvalue weighted by Crippen LogP contribution is -2.07. The number of halogens is 1. The third-order valence-electron chi connectivity index (χ3n) is 2.43. The predicted octanol–water partition coefficient (Wildman–Crippen LogP) is 2.39. The molecule has 2 rings (SSSR count). The van der Waals surface area contributed by atoms with Gasteiger partial charge in [-0.3, -0.25) is 4.68 Å². The van der Waals surface area contributed by atoms with E-state index in [1.165, 1.54) is 0 Å². The molecule has 0 atom stereocenters. The van der Waals surface area contributed by atoms with Gasteiger partial charge in [0.1, 0.15) is 12.2 Å². The first-order chi connectivity index (χ1) is 7.66. The Balaban J connectivity index is 2.08. The highest BCUT2D eigenvalue weighted by Crippen LogP contribution is 2.19. The maximum absolute atomic E-state index is 5.89. The molecule has 4 nitrogen and oxygen atoms in total. The molecule has 2 aromatic rings. The van der Waals surface area contributed by atoms with Crippen molar-refractivity contribution in [3.63, 3.8) is 0 Å². The van der Waals surface area contributed by atoms with Crippen LogP contribution in [0.1, 0.15) is 11.4 Å². The number of nitrogens with zero attached hydrogens (tertiary/aromatic N) is 3. The van der Waals surface area contributed by atoms with Crippen molar-refractivity contribution in [1.82, 2.24) is 14.8 Å². The largest absolute Gasteiger partial charge is 0.378 e. The highest BCUT2D eigenvalue weighted by molar-refractivity contribution is 6.30. The molecule has 0 saturated carbocycles. The summed E-state index contributed by atoms with van der Waals surface area (Å²) in [7, 11) is 1.87. The van der Waals surface area contributed by atoms with Crippen LogP contribution in [0.25, 0.3) is 0 Å². The van der Waals surface area contributed by atoms with Gasteiger partial charge in [-0.25, -0.2) is 4.98 Å². The van der Waals surface area contributed by atoms with Gasteiger partial charge >= 0.3 is 0 Å². The Hall–Kier alpha value is -1.55. The molecule has 0 spiro atoms. The summed E-state index contributed by atoms with van der Waals surface area (Å²) in [5.74, 6) is 0.898. The number of aryl methyl sites for hydroxylation is 2. The van der Waals surface area contributed by atoms with Gasteiger partial charge in [0.05, 0.1) is 6.54 Å². The van der Waals surface area contributed by atoms with Gasteiger partial charge in [0.25, 0.3) is 0 Å². The van der Waals surface area contributed by atoms with E-state index in [1.807, 2.05) is 32.2 Å². The van der Waals surface area contributed by atoms with Gasteiger partial charge in [-0.1, -0.05) is 11.6 Å². The summed E-state index contributed by atoms with van der Waals surface area (Å²) < 4.78 is 1.75. The SMILES string of the molecule is Cc1cc(Cl)ccc1NCc1ncnn1C. The average molecular weight is 237 g/mol. The molecule has 0 aliphatic carbocycles. The van der Waals surface area contributed by atoms with Crippen LogP contribution in [-0.2, 0) is 13.6 Å². The molecule has 1 aromatic heterocycles. The molecule has 0 fully saturated rings. The van der Waals surface area contributed by atoms with E-state index in [0.717, 1.165) is 22.1 Å². The zero-order valence-corrected chi connectivity index (χ0v) is 9.99. The van der Waals surface area contributed by atoms with Crippen LogP contribution in [0.3, 0.4) is 0 Å². The van der Waals surface area contributed by atoms with E-state index < -0.39 is 0 Å². The predicted molar refractivity (Wildman–Crippen MR) is 64.5 cm³/mol. The standard InChI is InChI=1S/C11H13ClN4/c1-8-5-9(12)3-4-10(8)13-6-11-14-7-15-16(11)2/h3-5,7,13H,6H2,1-2H3. The Labute approximate surface area is 99.3 Å². The van der Waals surface area contributed by atoms with E-state index in [0.29, 0.717) is 6.54 Å². The van der Waals surface area contributed by atoms with Gasteiger partial charge in [-0.15, -0.1) is 0 Å². The summed E-state index contributed by atoms with van der Waals surface area (Å²) in [5, 5.41) is 8.06. The summed E-state index contributed by atoms with van der Waals surface area (Å²) >= 11 is 5.89. The van der Waals surface area contributed by atoms with Crippen molar-refractivity contribution in [1.29, 1.82) is 0 Å². The summed E-state index contributed by atoms with van der Waals surface area (Å²) in [6.07, 6.45) is 1.55. The second kappa shape index (κ2) is 4.53. The lowest BCUT2D eigenvalue weighted by molar-refractivity contribution is 0.712. The summed E-state index contributed by atoms with van der Waals surface area (Å²) in [6.45, 7) is 2.67. The van der Waals surface area contributed by atoms with Crippen LogP contribution in [0.5, 0.6) is 0 Å². The number of benzene rings is 1. The highest BCUT2D eigenvalue weighted by atomic mass is 35.5. The molecule has 1 heterocycles. The fourth-order valence-corrected chi connectivity index (χ4v) is 1.71. The first kappa shape index (κ1) is 11.0. The fraction of sp³-hybridized carbons (Fsp3) is 0.273. The molecule has 0 radical (unpaired) electrons. The van der Waals surface area contributed by atoms with E-state index in [4.69, 9.17) is 11.6 Å². The molecular formula is C11H13ClN4. The first-order valence-electron chi connectivity index (χ1n) is 4.99. The maximum Gasteiger partial charge on any atom is 0.145 e. The molecule has 16 heavy (non-hydrogen) atoms.